The topological polar surface area (TPSA) is 109 Å². The minimum Gasteiger partial charge on any atom is -0.436 e. The van der Waals surface area contributed by atoms with Gasteiger partial charge >= 0.3 is 12.4 Å². The molecule has 3 aromatic rings. The van der Waals surface area contributed by atoms with E-state index in [-0.39, 0.29) is 43.0 Å². The first kappa shape index (κ1) is 26.4. The highest BCUT2D eigenvalue weighted by Gasteiger charge is 2.55. The van der Waals surface area contributed by atoms with Gasteiger partial charge in [0, 0.05) is 31.9 Å². The molecular formula is C23H20F6N8O2. The van der Waals surface area contributed by atoms with Gasteiger partial charge in [-0.1, -0.05) is 6.07 Å². The Kier molecular flexibility index (Phi) is 6.64. The second kappa shape index (κ2) is 9.81. The van der Waals surface area contributed by atoms with Crippen LogP contribution in [0.2, 0.25) is 0 Å². The van der Waals surface area contributed by atoms with Crippen LogP contribution in [-0.2, 0) is 23.9 Å². The van der Waals surface area contributed by atoms with E-state index >= 15 is 0 Å². The zero-order valence-corrected chi connectivity index (χ0v) is 20.2. The molecule has 1 N–H and O–H groups in total. The maximum absolute atomic E-state index is 13.8. The summed E-state index contributed by atoms with van der Waals surface area (Å²) in [7, 11) is 0. The van der Waals surface area contributed by atoms with Gasteiger partial charge in [0.25, 0.3) is 5.91 Å². The van der Waals surface area contributed by atoms with E-state index in [0.717, 1.165) is 22.2 Å². The molecule has 0 spiro atoms. The molecule has 1 unspecified atom stereocenters. The molecule has 1 atom stereocenters. The zero-order valence-electron chi connectivity index (χ0n) is 20.2. The van der Waals surface area contributed by atoms with Crippen LogP contribution < -0.4 is 19.9 Å². The van der Waals surface area contributed by atoms with Crippen molar-refractivity contribution in [1.29, 1.82) is 0 Å². The summed E-state index contributed by atoms with van der Waals surface area (Å²) in [6, 6.07) is 0.777. The Bertz CT molecular complexity index is 1370. The number of hydrogen-bond acceptors (Lipinski definition) is 9. The van der Waals surface area contributed by atoms with E-state index in [1.807, 2.05) is 0 Å². The number of carbonyl (C=O) groups is 1. The molecule has 2 aliphatic heterocycles. The first-order chi connectivity index (χ1) is 18.5. The number of aryl methyl sites for hydroxylation is 1. The van der Waals surface area contributed by atoms with Gasteiger partial charge in [-0.15, -0.1) is 0 Å². The van der Waals surface area contributed by atoms with Crippen molar-refractivity contribution in [2.24, 2.45) is 0 Å². The van der Waals surface area contributed by atoms with Crippen molar-refractivity contribution >= 4 is 23.4 Å². The average Bonchev–Trinajstić information content (AvgIpc) is 2.89. The lowest BCUT2D eigenvalue weighted by atomic mass is 10.0. The van der Waals surface area contributed by atoms with Crippen molar-refractivity contribution in [3.63, 3.8) is 0 Å². The molecule has 1 amide bonds. The lowest BCUT2D eigenvalue weighted by Gasteiger charge is -2.44. The van der Waals surface area contributed by atoms with E-state index in [9.17, 15) is 31.1 Å². The molecule has 5 rings (SSSR count). The predicted molar refractivity (Wildman–Crippen MR) is 124 cm³/mol. The van der Waals surface area contributed by atoms with Gasteiger partial charge < -0.3 is 19.9 Å². The molecule has 16 heteroatoms. The number of nitrogens with one attached hydrogen (secondary N) is 1. The maximum Gasteiger partial charge on any atom is 0.451 e. The maximum atomic E-state index is 13.8. The number of alkyl halides is 6. The standard InChI is InChI=1S/C23H20F6N8O2/c1-2-36-17(22(24,25)26)19(38)37-7-3-4-14-16(37)18(36)35-21(34-14)33-9-12-5-6-15(30-8-12)39-13-10-31-20(32-11-13)23(27,28)29/h5-6,8,10-11,17H,2-4,7,9H2,1H3,(H,33,34,35). The number of amides is 1. The van der Waals surface area contributed by atoms with Crippen molar-refractivity contribution in [3.8, 4) is 11.6 Å². The third-order valence-electron chi connectivity index (χ3n) is 6.09. The molecule has 10 nitrogen and oxygen atoms in total. The Morgan fingerprint density at radius 3 is 2.41 bits per heavy atom. The Morgan fingerprint density at radius 1 is 1.05 bits per heavy atom. The van der Waals surface area contributed by atoms with Gasteiger partial charge in [0.15, 0.2) is 11.6 Å². The van der Waals surface area contributed by atoms with E-state index in [4.69, 9.17) is 4.74 Å². The Morgan fingerprint density at radius 2 is 1.79 bits per heavy atom. The number of carbonyl (C=O) groups excluding carboxylic acids is 1. The van der Waals surface area contributed by atoms with E-state index in [2.05, 4.69) is 30.2 Å². The summed E-state index contributed by atoms with van der Waals surface area (Å²) < 4.78 is 84.7. The highest BCUT2D eigenvalue weighted by molar-refractivity contribution is 6.06. The highest BCUT2D eigenvalue weighted by atomic mass is 19.4. The molecule has 3 aromatic heterocycles. The average molecular weight is 554 g/mol. The van der Waals surface area contributed by atoms with Gasteiger partial charge in [-0.2, -0.15) is 31.3 Å². The van der Waals surface area contributed by atoms with Crippen LogP contribution in [0.1, 0.15) is 30.4 Å². The zero-order chi connectivity index (χ0) is 27.9. The molecule has 0 radical (unpaired) electrons. The summed E-state index contributed by atoms with van der Waals surface area (Å²) in [5.74, 6) is -2.13. The molecule has 0 saturated carbocycles. The van der Waals surface area contributed by atoms with E-state index in [1.54, 1.807) is 6.07 Å². The molecule has 0 bridgehead atoms. The number of halogens is 6. The van der Waals surface area contributed by atoms with Crippen LogP contribution in [0.5, 0.6) is 11.6 Å². The first-order valence-corrected chi connectivity index (χ1v) is 11.8. The van der Waals surface area contributed by atoms with Crippen LogP contribution in [-0.4, -0.2) is 56.1 Å². The normalized spacial score (nSPS) is 17.2. The fourth-order valence-electron chi connectivity index (χ4n) is 4.40. The SMILES string of the molecule is CCN1c2nc(NCc3ccc(Oc4cnc(C(F)(F)F)nc4)nc3)nc3c2N(CCC3)C(=O)C1C(F)(F)F. The summed E-state index contributed by atoms with van der Waals surface area (Å²) in [6.07, 6.45) is -5.29. The first-order valence-electron chi connectivity index (χ1n) is 11.8. The number of likely N-dealkylation sites (N-methyl/N-ethyl adjacent to an activating group) is 1. The molecule has 206 valence electrons. The molecule has 39 heavy (non-hydrogen) atoms. The monoisotopic (exact) mass is 554 g/mol. The Labute approximate surface area is 217 Å². The summed E-state index contributed by atoms with van der Waals surface area (Å²) in [4.78, 5) is 34.1. The van der Waals surface area contributed by atoms with Crippen LogP contribution in [0.3, 0.4) is 0 Å². The third kappa shape index (κ3) is 5.22. The van der Waals surface area contributed by atoms with Gasteiger partial charge in [-0.3, -0.25) is 4.79 Å². The fraction of sp³-hybridized carbons (Fsp3) is 0.391. The van der Waals surface area contributed by atoms with Gasteiger partial charge in [0.05, 0.1) is 18.1 Å². The number of nitrogens with zero attached hydrogens (tertiary/aromatic N) is 7. The van der Waals surface area contributed by atoms with Crippen LogP contribution in [0, 0.1) is 0 Å². The summed E-state index contributed by atoms with van der Waals surface area (Å²) in [5, 5.41) is 2.98. The van der Waals surface area contributed by atoms with Crippen molar-refractivity contribution in [2.45, 2.75) is 44.7 Å². The minimum atomic E-state index is -4.77. The lowest BCUT2D eigenvalue weighted by Crippen LogP contribution is -2.61. The fourth-order valence-corrected chi connectivity index (χ4v) is 4.40. The van der Waals surface area contributed by atoms with Crippen molar-refractivity contribution in [1.82, 2.24) is 24.9 Å². The minimum absolute atomic E-state index is 0.0389. The van der Waals surface area contributed by atoms with Gasteiger partial charge in [0.2, 0.25) is 23.7 Å². The molecular weight excluding hydrogens is 534 g/mol. The third-order valence-corrected chi connectivity index (χ3v) is 6.09. The molecule has 0 fully saturated rings. The van der Waals surface area contributed by atoms with Crippen LogP contribution in [0.25, 0.3) is 0 Å². The lowest BCUT2D eigenvalue weighted by molar-refractivity contribution is -0.162. The van der Waals surface area contributed by atoms with Crippen molar-refractivity contribution in [3.05, 3.63) is 47.8 Å². The number of aromatic nitrogens is 5. The molecule has 2 aliphatic rings. The van der Waals surface area contributed by atoms with Crippen molar-refractivity contribution in [2.75, 3.05) is 28.2 Å². The number of hydrogen-bond donors (Lipinski definition) is 1. The second-order valence-corrected chi connectivity index (χ2v) is 8.69. The van der Waals surface area contributed by atoms with Gasteiger partial charge in [-0.05, 0) is 25.3 Å². The van der Waals surface area contributed by atoms with Crippen LogP contribution in [0.4, 0.5) is 43.8 Å². The van der Waals surface area contributed by atoms with Gasteiger partial charge in [0.1, 0.15) is 5.69 Å². The summed E-state index contributed by atoms with van der Waals surface area (Å²) >= 11 is 0. The highest BCUT2D eigenvalue weighted by Crippen LogP contribution is 2.43. The van der Waals surface area contributed by atoms with E-state index in [0.29, 0.717) is 29.8 Å². The number of anilines is 3. The number of rotatable bonds is 6. The Balaban J connectivity index is 1.31. The second-order valence-electron chi connectivity index (χ2n) is 8.69. The molecule has 0 saturated heterocycles. The summed E-state index contributed by atoms with van der Waals surface area (Å²) in [6.45, 7) is 1.77. The molecule has 5 heterocycles. The summed E-state index contributed by atoms with van der Waals surface area (Å²) in [5.41, 5.74) is 1.44. The van der Waals surface area contributed by atoms with Crippen LogP contribution >= 0.6 is 0 Å². The smallest absolute Gasteiger partial charge is 0.436 e. The predicted octanol–water partition coefficient (Wildman–Crippen LogP) is 4.13. The van der Waals surface area contributed by atoms with Crippen molar-refractivity contribution < 1.29 is 35.9 Å². The van der Waals surface area contributed by atoms with Gasteiger partial charge in [-0.25, -0.2) is 19.9 Å². The molecule has 0 aromatic carbocycles. The molecule has 0 aliphatic carbocycles. The van der Waals surface area contributed by atoms with E-state index in [1.165, 1.54) is 19.2 Å². The Hall–Kier alpha value is -4.24. The number of pyridine rings is 1. The van der Waals surface area contributed by atoms with Crippen LogP contribution in [0.15, 0.2) is 30.7 Å². The number of ether oxygens (including phenoxy) is 1. The van der Waals surface area contributed by atoms with E-state index < -0.39 is 30.1 Å². The largest absolute Gasteiger partial charge is 0.451 e. The quantitative estimate of drug-likeness (QED) is 0.450.